The Bertz CT molecular complexity index is 1200. The molecule has 9 atom stereocenters. The van der Waals surface area contributed by atoms with Gasteiger partial charge in [-0.05, 0) is 91.0 Å². The van der Waals surface area contributed by atoms with Gasteiger partial charge in [-0.3, -0.25) is 0 Å². The number of fused-ring (bicyclic) bond motifs is 2. The van der Waals surface area contributed by atoms with Crippen LogP contribution in [-0.2, 0) is 14.5 Å². The summed E-state index contributed by atoms with van der Waals surface area (Å²) >= 11 is 0. The maximum Gasteiger partial charge on any atom is 0.338 e. The number of benzene rings is 1. The summed E-state index contributed by atoms with van der Waals surface area (Å²) in [5.41, 5.74) is 0.924. The Kier molecular flexibility index (Phi) is 6.55. The highest BCUT2D eigenvalue weighted by Gasteiger charge is 2.72. The molecule has 2 spiro atoms. The zero-order valence-corrected chi connectivity index (χ0v) is 24.6. The highest BCUT2D eigenvalue weighted by Crippen LogP contribution is 2.71. The van der Waals surface area contributed by atoms with Gasteiger partial charge in [-0.1, -0.05) is 78.0 Å². The highest BCUT2D eigenvalue weighted by atomic mass is 17.2. The van der Waals surface area contributed by atoms with Crippen LogP contribution < -0.4 is 0 Å². The average Bonchev–Trinajstić information content (AvgIpc) is 3.30. The Balaban J connectivity index is 1.25. The van der Waals surface area contributed by atoms with Gasteiger partial charge in [0.15, 0.2) is 0 Å². The number of ether oxygens (including phenoxy) is 1. The SMILES string of the molecule is CC(C)[C@@H](C)/C=C/[C@@H](C)C1CCC2C1(C)CC=C1C3(C)CCC(OC(=O)c4ccccc4)C[C@]34C=C[C@@]12OO4. The number of rotatable bonds is 6. The second-order valence-corrected chi connectivity index (χ2v) is 14.1. The van der Waals surface area contributed by atoms with E-state index in [1.54, 1.807) is 0 Å². The molecule has 2 saturated carbocycles. The lowest BCUT2D eigenvalue weighted by Gasteiger charge is -2.66. The van der Waals surface area contributed by atoms with E-state index in [2.05, 4.69) is 71.9 Å². The van der Waals surface area contributed by atoms with Gasteiger partial charge in [-0.25, -0.2) is 14.6 Å². The fourth-order valence-corrected chi connectivity index (χ4v) is 8.89. The molecule has 2 heterocycles. The zero-order chi connectivity index (χ0) is 27.6. The fraction of sp³-hybridized carbons (Fsp3) is 0.629. The summed E-state index contributed by atoms with van der Waals surface area (Å²) in [7, 11) is 0. The van der Waals surface area contributed by atoms with Crippen molar-refractivity contribution in [2.24, 2.45) is 40.4 Å². The summed E-state index contributed by atoms with van der Waals surface area (Å²) < 4.78 is 6.00. The predicted molar refractivity (Wildman–Crippen MR) is 154 cm³/mol. The van der Waals surface area contributed by atoms with Crippen molar-refractivity contribution in [3.63, 3.8) is 0 Å². The van der Waals surface area contributed by atoms with E-state index in [-0.39, 0.29) is 22.9 Å². The number of carbonyl (C=O) groups is 1. The minimum atomic E-state index is -0.602. The number of hydrogen-bond acceptors (Lipinski definition) is 4. The van der Waals surface area contributed by atoms with E-state index in [0.29, 0.717) is 41.6 Å². The summed E-state index contributed by atoms with van der Waals surface area (Å²) in [5, 5.41) is 0. The third kappa shape index (κ3) is 3.95. The van der Waals surface area contributed by atoms with Crippen LogP contribution in [-0.4, -0.2) is 23.3 Å². The van der Waals surface area contributed by atoms with Gasteiger partial charge in [0.2, 0.25) is 0 Å². The van der Waals surface area contributed by atoms with Gasteiger partial charge in [0, 0.05) is 17.8 Å². The summed E-state index contributed by atoms with van der Waals surface area (Å²) in [6.07, 6.45) is 17.7. The van der Waals surface area contributed by atoms with E-state index in [1.807, 2.05) is 30.3 Å². The Morgan fingerprint density at radius 2 is 1.77 bits per heavy atom. The van der Waals surface area contributed by atoms with Gasteiger partial charge in [-0.15, -0.1) is 0 Å². The average molecular weight is 531 g/mol. The first-order valence-electron chi connectivity index (χ1n) is 15.3. The van der Waals surface area contributed by atoms with Crippen molar-refractivity contribution in [3.05, 3.63) is 71.8 Å². The summed E-state index contributed by atoms with van der Waals surface area (Å²) in [4.78, 5) is 25.8. The van der Waals surface area contributed by atoms with Gasteiger partial charge in [0.25, 0.3) is 0 Å². The molecule has 1 saturated heterocycles. The second kappa shape index (κ2) is 9.45. The minimum Gasteiger partial charge on any atom is -0.459 e. The van der Waals surface area contributed by atoms with Crippen LogP contribution in [0.25, 0.3) is 0 Å². The third-order valence-corrected chi connectivity index (χ3v) is 11.7. The Labute approximate surface area is 234 Å². The van der Waals surface area contributed by atoms with Crippen LogP contribution in [0.1, 0.15) is 90.4 Å². The topological polar surface area (TPSA) is 44.8 Å². The zero-order valence-electron chi connectivity index (χ0n) is 24.6. The molecule has 0 radical (unpaired) electrons. The number of allylic oxidation sites excluding steroid dienone is 3. The second-order valence-electron chi connectivity index (χ2n) is 14.1. The normalized spacial score (nSPS) is 42.0. The molecule has 0 N–H and O–H groups in total. The maximum absolute atomic E-state index is 12.8. The van der Waals surface area contributed by atoms with Crippen LogP contribution in [0, 0.1) is 40.4 Å². The molecule has 1 aromatic carbocycles. The quantitative estimate of drug-likeness (QED) is 0.211. The molecule has 0 aromatic heterocycles. The maximum atomic E-state index is 12.8. The molecule has 4 aliphatic carbocycles. The molecule has 2 bridgehead atoms. The molecule has 0 amide bonds. The smallest absolute Gasteiger partial charge is 0.338 e. The highest BCUT2D eigenvalue weighted by molar-refractivity contribution is 5.89. The molecule has 4 heteroatoms. The van der Waals surface area contributed by atoms with E-state index in [4.69, 9.17) is 14.5 Å². The van der Waals surface area contributed by atoms with Gasteiger partial charge < -0.3 is 4.74 Å². The molecular formula is C35H46O4. The standard InChI is InChI=1S/C35H46O4/c1-23(2)24(3)12-13-25(4)28-14-15-29-32(28,5)18-17-30-33(6)19-16-27(37-31(36)26-10-8-7-9-11-26)22-34(33)20-21-35(29,30)39-38-34/h7-13,17,20-21,23-25,27-29H,14-16,18-19,22H2,1-6H3/b13-12+/t24-,25+,27?,28?,29?,32?,33?,34+,35-/m0/s1. The van der Waals surface area contributed by atoms with Crippen LogP contribution in [0.15, 0.2) is 66.3 Å². The van der Waals surface area contributed by atoms with Crippen molar-refractivity contribution in [1.29, 1.82) is 0 Å². The number of hydrogen-bond donors (Lipinski definition) is 0. The Hall–Kier alpha value is -2.17. The van der Waals surface area contributed by atoms with Gasteiger partial charge >= 0.3 is 5.97 Å². The van der Waals surface area contributed by atoms with E-state index >= 15 is 0 Å². The minimum absolute atomic E-state index is 0.159. The van der Waals surface area contributed by atoms with Crippen molar-refractivity contribution in [1.82, 2.24) is 0 Å². The molecule has 1 aromatic rings. The van der Waals surface area contributed by atoms with Crippen molar-refractivity contribution in [2.45, 2.75) is 97.4 Å². The summed E-state index contributed by atoms with van der Waals surface area (Å²) in [5.74, 6) is 2.55. The fourth-order valence-electron chi connectivity index (χ4n) is 8.89. The van der Waals surface area contributed by atoms with Crippen LogP contribution >= 0.6 is 0 Å². The van der Waals surface area contributed by atoms with Crippen LogP contribution in [0.4, 0.5) is 0 Å². The summed E-state index contributed by atoms with van der Waals surface area (Å²) in [6, 6.07) is 9.27. The Morgan fingerprint density at radius 3 is 2.46 bits per heavy atom. The molecular weight excluding hydrogens is 484 g/mol. The van der Waals surface area contributed by atoms with Crippen LogP contribution in [0.5, 0.6) is 0 Å². The largest absolute Gasteiger partial charge is 0.459 e. The van der Waals surface area contributed by atoms with Crippen molar-refractivity contribution in [3.8, 4) is 0 Å². The molecule has 3 fully saturated rings. The van der Waals surface area contributed by atoms with Gasteiger partial charge in [0.05, 0.1) is 5.56 Å². The first-order valence-corrected chi connectivity index (χ1v) is 15.3. The molecule has 210 valence electrons. The van der Waals surface area contributed by atoms with Crippen molar-refractivity contribution < 1.29 is 19.3 Å². The van der Waals surface area contributed by atoms with Crippen LogP contribution in [0.3, 0.4) is 0 Å². The first-order chi connectivity index (χ1) is 18.5. The predicted octanol–water partition coefficient (Wildman–Crippen LogP) is 8.26. The van der Waals surface area contributed by atoms with E-state index < -0.39 is 11.2 Å². The first kappa shape index (κ1) is 27.0. The Morgan fingerprint density at radius 1 is 1.00 bits per heavy atom. The number of carbonyl (C=O) groups excluding carboxylic acids is 1. The van der Waals surface area contributed by atoms with Crippen molar-refractivity contribution >= 4 is 5.97 Å². The summed E-state index contributed by atoms with van der Waals surface area (Å²) in [6.45, 7) is 14.2. The molecule has 6 aliphatic rings. The third-order valence-electron chi connectivity index (χ3n) is 11.7. The monoisotopic (exact) mass is 530 g/mol. The molecule has 2 aliphatic heterocycles. The molecule has 39 heavy (non-hydrogen) atoms. The lowest BCUT2D eigenvalue weighted by Crippen LogP contribution is -2.69. The lowest BCUT2D eigenvalue weighted by atomic mass is 9.46. The van der Waals surface area contributed by atoms with Gasteiger partial charge in [-0.2, -0.15) is 0 Å². The molecule has 5 unspecified atom stereocenters. The van der Waals surface area contributed by atoms with E-state index in [0.717, 1.165) is 25.7 Å². The lowest BCUT2D eigenvalue weighted by molar-refractivity contribution is -0.455. The van der Waals surface area contributed by atoms with Crippen LogP contribution in [0.2, 0.25) is 0 Å². The molecule has 7 rings (SSSR count). The molecule has 4 nitrogen and oxygen atoms in total. The van der Waals surface area contributed by atoms with E-state index in [1.165, 1.54) is 12.0 Å². The van der Waals surface area contributed by atoms with E-state index in [9.17, 15) is 4.79 Å². The number of esters is 1. The van der Waals surface area contributed by atoms with Crippen molar-refractivity contribution in [2.75, 3.05) is 0 Å². The van der Waals surface area contributed by atoms with Gasteiger partial charge in [0.1, 0.15) is 17.3 Å².